The maximum absolute atomic E-state index is 10.2. The van der Waals surface area contributed by atoms with Crippen LogP contribution in [0.1, 0.15) is 46.0 Å². The van der Waals surface area contributed by atoms with Gasteiger partial charge in [0.05, 0.1) is 18.3 Å². The number of fused-ring (bicyclic) bond motifs is 1. The van der Waals surface area contributed by atoms with Gasteiger partial charge in [0.1, 0.15) is 0 Å². The van der Waals surface area contributed by atoms with Gasteiger partial charge in [-0.05, 0) is 56.3 Å². The molecular weight excluding hydrogens is 228 g/mol. The van der Waals surface area contributed by atoms with Crippen LogP contribution in [0.4, 0.5) is 0 Å². The summed E-state index contributed by atoms with van der Waals surface area (Å²) in [5.74, 6) is 0.505. The summed E-state index contributed by atoms with van der Waals surface area (Å²) in [6, 6.07) is 0. The van der Waals surface area contributed by atoms with Crippen molar-refractivity contribution >= 4 is 0 Å². The Bertz CT molecular complexity index is 337. The number of rotatable bonds is 2. The molecule has 2 aliphatic carbocycles. The number of aliphatic hydroxyl groups excluding tert-OH is 2. The fourth-order valence-electron chi connectivity index (χ4n) is 4.02. The second-order valence-electron chi connectivity index (χ2n) is 6.91. The van der Waals surface area contributed by atoms with Crippen LogP contribution in [0, 0.1) is 17.3 Å². The van der Waals surface area contributed by atoms with Gasteiger partial charge in [-0.1, -0.05) is 19.1 Å². The zero-order chi connectivity index (χ0) is 13.6. The molecule has 3 heteroatoms. The Morgan fingerprint density at radius 2 is 2.17 bits per heavy atom. The predicted molar refractivity (Wildman–Crippen MR) is 71.0 cm³/mol. The molecule has 18 heavy (non-hydrogen) atoms. The molecule has 0 unspecified atom stereocenters. The second-order valence-corrected chi connectivity index (χ2v) is 6.91. The van der Waals surface area contributed by atoms with Crippen molar-refractivity contribution in [2.45, 2.75) is 57.7 Å². The van der Waals surface area contributed by atoms with Gasteiger partial charge in [-0.25, -0.2) is 0 Å². The molecule has 2 saturated carbocycles. The van der Waals surface area contributed by atoms with Gasteiger partial charge in [0.15, 0.2) is 0 Å². The van der Waals surface area contributed by atoms with E-state index in [0.717, 1.165) is 31.3 Å². The van der Waals surface area contributed by atoms with Crippen molar-refractivity contribution in [3.05, 3.63) is 12.2 Å². The maximum Gasteiger partial charge on any atom is 0.0877 e. The molecule has 0 radical (unpaired) electrons. The first kappa shape index (κ1) is 14.0. The molecule has 3 nitrogen and oxygen atoms in total. The molecule has 0 aromatic heterocycles. The van der Waals surface area contributed by atoms with Crippen molar-refractivity contribution in [1.82, 2.24) is 0 Å². The molecule has 5 atom stereocenters. The van der Waals surface area contributed by atoms with Crippen molar-refractivity contribution in [1.29, 1.82) is 0 Å². The first-order valence-corrected chi connectivity index (χ1v) is 6.97. The molecule has 0 heterocycles. The molecule has 0 amide bonds. The number of aliphatic hydroxyl groups is 3. The van der Waals surface area contributed by atoms with E-state index in [0.29, 0.717) is 12.3 Å². The van der Waals surface area contributed by atoms with Crippen molar-refractivity contribution in [3.63, 3.8) is 0 Å². The van der Waals surface area contributed by atoms with Crippen LogP contribution in [0.5, 0.6) is 0 Å². The molecular formula is C15H26O3. The van der Waals surface area contributed by atoms with E-state index in [1.54, 1.807) is 6.92 Å². The maximum atomic E-state index is 10.2. The minimum atomic E-state index is -0.988. The summed E-state index contributed by atoms with van der Waals surface area (Å²) in [5, 5.41) is 29.4. The van der Waals surface area contributed by atoms with Crippen LogP contribution in [-0.2, 0) is 0 Å². The van der Waals surface area contributed by atoms with Crippen LogP contribution in [0.15, 0.2) is 12.2 Å². The van der Waals surface area contributed by atoms with E-state index in [-0.39, 0.29) is 24.0 Å². The van der Waals surface area contributed by atoms with Gasteiger partial charge >= 0.3 is 0 Å². The van der Waals surface area contributed by atoms with Crippen molar-refractivity contribution in [2.24, 2.45) is 17.3 Å². The van der Waals surface area contributed by atoms with Crippen LogP contribution in [0.3, 0.4) is 0 Å². The molecule has 0 spiro atoms. The highest BCUT2D eigenvalue weighted by Crippen LogP contribution is 2.54. The summed E-state index contributed by atoms with van der Waals surface area (Å²) in [7, 11) is 0. The predicted octanol–water partition coefficient (Wildman–Crippen LogP) is 1.86. The van der Waals surface area contributed by atoms with Crippen LogP contribution in [0.2, 0.25) is 0 Å². The highest BCUT2D eigenvalue weighted by Gasteiger charge is 2.48. The van der Waals surface area contributed by atoms with Crippen LogP contribution in [-0.4, -0.2) is 33.6 Å². The van der Waals surface area contributed by atoms with E-state index in [2.05, 4.69) is 13.5 Å². The van der Waals surface area contributed by atoms with E-state index < -0.39 is 5.60 Å². The Hall–Kier alpha value is -0.380. The van der Waals surface area contributed by atoms with Gasteiger partial charge in [0.2, 0.25) is 0 Å². The fourth-order valence-corrected chi connectivity index (χ4v) is 4.02. The number of hydrogen-bond donors (Lipinski definition) is 3. The molecule has 3 N–H and O–H groups in total. The van der Waals surface area contributed by atoms with Crippen LogP contribution in [0.25, 0.3) is 0 Å². The SMILES string of the molecule is C=C1C[C@H](O)C[C@]2(C)CC[C@@H]([C@@](C)(O)CO)C[C@@H]12. The largest absolute Gasteiger partial charge is 0.393 e. The monoisotopic (exact) mass is 254 g/mol. The van der Waals surface area contributed by atoms with E-state index in [9.17, 15) is 15.3 Å². The molecule has 0 aromatic carbocycles. The first-order valence-electron chi connectivity index (χ1n) is 6.97. The van der Waals surface area contributed by atoms with Gasteiger partial charge in [-0.15, -0.1) is 0 Å². The third-order valence-corrected chi connectivity index (χ3v) is 5.32. The summed E-state index contributed by atoms with van der Waals surface area (Å²) in [5.41, 5.74) is 0.253. The minimum Gasteiger partial charge on any atom is -0.393 e. The van der Waals surface area contributed by atoms with E-state index >= 15 is 0 Å². The van der Waals surface area contributed by atoms with E-state index in [4.69, 9.17) is 0 Å². The number of hydrogen-bond acceptors (Lipinski definition) is 3. The fraction of sp³-hybridized carbons (Fsp3) is 0.867. The van der Waals surface area contributed by atoms with Gasteiger partial charge in [0.25, 0.3) is 0 Å². The molecule has 2 rings (SSSR count). The topological polar surface area (TPSA) is 60.7 Å². The third kappa shape index (κ3) is 2.36. The Labute approximate surface area is 110 Å². The minimum absolute atomic E-state index is 0.122. The van der Waals surface area contributed by atoms with E-state index in [1.165, 1.54) is 0 Å². The van der Waals surface area contributed by atoms with Gasteiger partial charge < -0.3 is 15.3 Å². The van der Waals surface area contributed by atoms with Crippen molar-refractivity contribution < 1.29 is 15.3 Å². The van der Waals surface area contributed by atoms with E-state index in [1.807, 2.05) is 0 Å². The Kier molecular flexibility index (Phi) is 3.60. The Balaban J connectivity index is 2.16. The lowest BCUT2D eigenvalue weighted by molar-refractivity contribution is -0.0897. The Morgan fingerprint density at radius 1 is 1.50 bits per heavy atom. The lowest BCUT2D eigenvalue weighted by Crippen LogP contribution is -2.48. The van der Waals surface area contributed by atoms with Crippen molar-refractivity contribution in [2.75, 3.05) is 6.61 Å². The lowest BCUT2D eigenvalue weighted by atomic mass is 9.55. The molecule has 0 aromatic rings. The third-order valence-electron chi connectivity index (χ3n) is 5.32. The highest BCUT2D eigenvalue weighted by atomic mass is 16.3. The second kappa shape index (κ2) is 4.62. The molecule has 2 fully saturated rings. The summed E-state index contributed by atoms with van der Waals surface area (Å²) in [6.45, 7) is 7.90. The Morgan fingerprint density at radius 3 is 2.78 bits per heavy atom. The molecule has 0 bridgehead atoms. The van der Waals surface area contributed by atoms with Gasteiger partial charge in [0, 0.05) is 0 Å². The normalized spacial score (nSPS) is 44.3. The average Bonchev–Trinajstić information content (AvgIpc) is 2.27. The summed E-state index contributed by atoms with van der Waals surface area (Å²) < 4.78 is 0. The summed E-state index contributed by atoms with van der Waals surface area (Å²) in [6.07, 6.45) is 4.07. The zero-order valence-electron chi connectivity index (χ0n) is 11.5. The standard InChI is InChI=1S/C15H26O3/c1-10-6-12(17)8-14(2)5-4-11(7-13(10)14)15(3,18)9-16/h11-13,16-18H,1,4-9H2,2-3H3/t11-,12+,13+,14+,15+/m1/s1. The van der Waals surface area contributed by atoms with Crippen LogP contribution >= 0.6 is 0 Å². The lowest BCUT2D eigenvalue weighted by Gasteiger charge is -2.52. The van der Waals surface area contributed by atoms with Crippen LogP contribution < -0.4 is 0 Å². The molecule has 0 aliphatic heterocycles. The highest BCUT2D eigenvalue weighted by molar-refractivity contribution is 5.15. The zero-order valence-corrected chi connectivity index (χ0v) is 11.5. The first-order chi connectivity index (χ1) is 8.28. The average molecular weight is 254 g/mol. The summed E-state index contributed by atoms with van der Waals surface area (Å²) in [4.78, 5) is 0. The smallest absolute Gasteiger partial charge is 0.0877 e. The van der Waals surface area contributed by atoms with Gasteiger partial charge in [-0.3, -0.25) is 0 Å². The molecule has 0 saturated heterocycles. The van der Waals surface area contributed by atoms with Crippen molar-refractivity contribution in [3.8, 4) is 0 Å². The summed E-state index contributed by atoms with van der Waals surface area (Å²) >= 11 is 0. The van der Waals surface area contributed by atoms with Gasteiger partial charge in [-0.2, -0.15) is 0 Å². The molecule has 2 aliphatic rings. The quantitative estimate of drug-likeness (QED) is 0.659. The molecule has 104 valence electrons.